The van der Waals surface area contributed by atoms with Gasteiger partial charge in [-0.3, -0.25) is 4.98 Å². The van der Waals surface area contributed by atoms with Crippen LogP contribution >= 0.6 is 0 Å². The monoisotopic (exact) mass is 312 g/mol. The Morgan fingerprint density at radius 2 is 2.04 bits per heavy atom. The molecule has 3 bridgehead atoms. The van der Waals surface area contributed by atoms with Crippen molar-refractivity contribution in [2.24, 2.45) is 5.92 Å². The van der Waals surface area contributed by atoms with E-state index in [1.165, 1.54) is 0 Å². The molecule has 0 amide bonds. The molecular weight excluding hydrogens is 296 g/mol. The number of fused-ring (bicyclic) bond motifs is 1. The van der Waals surface area contributed by atoms with Crippen LogP contribution in [0.25, 0.3) is 0 Å². The van der Waals surface area contributed by atoms with Gasteiger partial charge in [0, 0.05) is 42.4 Å². The minimum absolute atomic E-state index is 0.0345. The van der Waals surface area contributed by atoms with Gasteiger partial charge in [0.25, 0.3) is 0 Å². The van der Waals surface area contributed by atoms with Crippen molar-refractivity contribution >= 4 is 11.9 Å². The SMILES string of the molecule is CN1C23C=CC(CC2)C1(c1cccnc1)OC(=O)/C=C/C(=O)O3. The van der Waals surface area contributed by atoms with Gasteiger partial charge in [-0.05, 0) is 25.6 Å². The lowest BCUT2D eigenvalue weighted by Gasteiger charge is -2.58. The first-order valence-electron chi connectivity index (χ1n) is 7.55. The van der Waals surface area contributed by atoms with Crippen LogP contribution in [0.1, 0.15) is 18.4 Å². The Morgan fingerprint density at radius 3 is 2.70 bits per heavy atom. The van der Waals surface area contributed by atoms with Crippen LogP contribution in [0.15, 0.2) is 48.8 Å². The predicted molar refractivity (Wildman–Crippen MR) is 79.6 cm³/mol. The van der Waals surface area contributed by atoms with Crippen molar-refractivity contribution in [1.82, 2.24) is 9.88 Å². The predicted octanol–water partition coefficient (Wildman–Crippen LogP) is 1.50. The molecule has 0 radical (unpaired) electrons. The van der Waals surface area contributed by atoms with Gasteiger partial charge in [0.2, 0.25) is 5.72 Å². The third-order valence-corrected chi connectivity index (χ3v) is 4.94. The minimum Gasteiger partial charge on any atom is -0.437 e. The summed E-state index contributed by atoms with van der Waals surface area (Å²) in [5.74, 6) is -1.16. The van der Waals surface area contributed by atoms with Crippen molar-refractivity contribution in [2.75, 3.05) is 7.05 Å². The summed E-state index contributed by atoms with van der Waals surface area (Å²) in [5.41, 5.74) is -1.19. The van der Waals surface area contributed by atoms with Gasteiger partial charge in [-0.25, -0.2) is 14.5 Å². The first-order chi connectivity index (χ1) is 11.1. The first kappa shape index (κ1) is 14.1. The second-order valence-electron chi connectivity index (χ2n) is 6.02. The van der Waals surface area contributed by atoms with Crippen molar-refractivity contribution in [1.29, 1.82) is 0 Å². The van der Waals surface area contributed by atoms with E-state index < -0.39 is 23.4 Å². The van der Waals surface area contributed by atoms with Crippen molar-refractivity contribution in [3.05, 3.63) is 54.4 Å². The van der Waals surface area contributed by atoms with E-state index in [2.05, 4.69) is 4.98 Å². The Labute approximate surface area is 133 Å². The zero-order chi connectivity index (χ0) is 16.1. The molecule has 3 unspecified atom stereocenters. The number of piperidine rings is 1. The Balaban J connectivity index is 1.95. The molecular formula is C17H16N2O4. The maximum atomic E-state index is 12.2. The number of hydrogen-bond acceptors (Lipinski definition) is 6. The van der Waals surface area contributed by atoms with Gasteiger partial charge in [0.15, 0.2) is 5.72 Å². The third-order valence-electron chi connectivity index (χ3n) is 4.94. The summed E-state index contributed by atoms with van der Waals surface area (Å²) >= 11 is 0. The number of aromatic nitrogens is 1. The Hall–Kier alpha value is -2.47. The van der Waals surface area contributed by atoms with Crippen molar-refractivity contribution < 1.29 is 19.1 Å². The fourth-order valence-corrected chi connectivity index (χ4v) is 3.81. The lowest BCUT2D eigenvalue weighted by molar-refractivity contribution is -0.273. The van der Waals surface area contributed by atoms with Crippen LogP contribution in [0.2, 0.25) is 0 Å². The van der Waals surface area contributed by atoms with Crippen molar-refractivity contribution in [3.63, 3.8) is 0 Å². The highest BCUT2D eigenvalue weighted by atomic mass is 16.6. The van der Waals surface area contributed by atoms with Crippen LogP contribution in [0.4, 0.5) is 0 Å². The number of esters is 2. The molecule has 1 spiro atoms. The number of nitrogens with zero attached hydrogens (tertiary/aromatic N) is 2. The summed E-state index contributed by atoms with van der Waals surface area (Å²) in [4.78, 5) is 30.3. The highest BCUT2D eigenvalue weighted by Gasteiger charge is 2.61. The molecule has 0 aromatic carbocycles. The minimum atomic E-state index is -1.03. The van der Waals surface area contributed by atoms with E-state index >= 15 is 0 Å². The van der Waals surface area contributed by atoms with Crippen LogP contribution < -0.4 is 0 Å². The summed E-state index contributed by atoms with van der Waals surface area (Å²) < 4.78 is 11.6. The average Bonchev–Trinajstić information content (AvgIpc) is 2.59. The highest BCUT2D eigenvalue weighted by molar-refractivity contribution is 5.92. The van der Waals surface area contributed by atoms with Gasteiger partial charge in [0.1, 0.15) is 0 Å². The Bertz CT molecular complexity index is 729. The number of rotatable bonds is 1. The van der Waals surface area contributed by atoms with Gasteiger partial charge in [-0.1, -0.05) is 12.1 Å². The van der Waals surface area contributed by atoms with E-state index in [1.54, 1.807) is 18.5 Å². The van der Waals surface area contributed by atoms with E-state index in [0.717, 1.165) is 24.1 Å². The van der Waals surface area contributed by atoms with Crippen LogP contribution in [0, 0.1) is 5.92 Å². The number of carbonyl (C=O) groups is 2. The normalized spacial score (nSPS) is 37.3. The zero-order valence-electron chi connectivity index (χ0n) is 12.6. The second kappa shape index (κ2) is 4.76. The molecule has 23 heavy (non-hydrogen) atoms. The molecule has 1 aromatic rings. The molecule has 1 fully saturated rings. The molecule has 6 nitrogen and oxygen atoms in total. The van der Waals surface area contributed by atoms with Crippen LogP contribution in [-0.2, 0) is 24.8 Å². The van der Waals surface area contributed by atoms with Gasteiger partial charge < -0.3 is 9.47 Å². The van der Waals surface area contributed by atoms with E-state index in [1.807, 2.05) is 30.2 Å². The van der Waals surface area contributed by atoms with Gasteiger partial charge in [-0.2, -0.15) is 0 Å². The fraction of sp³-hybridized carbons (Fsp3) is 0.353. The molecule has 4 heterocycles. The summed E-state index contributed by atoms with van der Waals surface area (Å²) in [6, 6.07) is 3.68. The molecule has 1 saturated heterocycles. The first-order valence-corrected chi connectivity index (χ1v) is 7.55. The molecule has 1 aliphatic carbocycles. The van der Waals surface area contributed by atoms with E-state index in [9.17, 15) is 9.59 Å². The number of hydrogen-bond donors (Lipinski definition) is 0. The molecule has 1 aromatic heterocycles. The smallest absolute Gasteiger partial charge is 0.333 e. The van der Waals surface area contributed by atoms with Gasteiger partial charge in [0.05, 0.1) is 0 Å². The lowest BCUT2D eigenvalue weighted by Crippen LogP contribution is -2.67. The standard InChI is InChI=1S/C17H16N2O4/c1-19-16-8-6-12(7-9-16)17(19,13-3-2-10-18-11-13)23-15(21)5-4-14(20)22-16/h2-6,8,10-12H,7,9H2,1H3/b5-4+. The summed E-state index contributed by atoms with van der Waals surface area (Å²) in [5, 5.41) is 0. The average molecular weight is 312 g/mol. The van der Waals surface area contributed by atoms with Gasteiger partial charge >= 0.3 is 11.9 Å². The largest absolute Gasteiger partial charge is 0.437 e. The molecule has 5 rings (SSSR count). The maximum Gasteiger partial charge on any atom is 0.333 e. The third kappa shape index (κ3) is 1.88. The molecule has 0 saturated carbocycles. The van der Waals surface area contributed by atoms with Crippen LogP contribution in [0.3, 0.4) is 0 Å². The van der Waals surface area contributed by atoms with E-state index in [0.29, 0.717) is 6.42 Å². The number of carbonyl (C=O) groups excluding carboxylic acids is 2. The highest BCUT2D eigenvalue weighted by Crippen LogP contribution is 2.53. The summed E-state index contributed by atoms with van der Waals surface area (Å²) in [7, 11) is 1.81. The Kier molecular flexibility index (Phi) is 2.93. The van der Waals surface area contributed by atoms with Crippen LogP contribution in [-0.4, -0.2) is 34.6 Å². The number of likely N-dealkylation sites (N-methyl/N-ethyl adjacent to an activating group) is 1. The molecule has 4 aliphatic rings. The van der Waals surface area contributed by atoms with E-state index in [-0.39, 0.29) is 5.92 Å². The number of ether oxygens (including phenoxy) is 2. The molecule has 6 heteroatoms. The quantitative estimate of drug-likeness (QED) is 0.578. The molecule has 3 atom stereocenters. The van der Waals surface area contributed by atoms with Crippen molar-refractivity contribution in [3.8, 4) is 0 Å². The topological polar surface area (TPSA) is 68.7 Å². The Morgan fingerprint density at radius 1 is 1.26 bits per heavy atom. The molecule has 118 valence electrons. The zero-order valence-corrected chi connectivity index (χ0v) is 12.6. The van der Waals surface area contributed by atoms with Crippen LogP contribution in [0.5, 0.6) is 0 Å². The van der Waals surface area contributed by atoms with Crippen molar-refractivity contribution in [2.45, 2.75) is 24.3 Å². The maximum absolute atomic E-state index is 12.2. The molecule has 0 N–H and O–H groups in total. The van der Waals surface area contributed by atoms with E-state index in [4.69, 9.17) is 9.47 Å². The summed E-state index contributed by atoms with van der Waals surface area (Å²) in [6.07, 6.45) is 10.9. The molecule has 3 aliphatic heterocycles. The lowest BCUT2D eigenvalue weighted by atomic mass is 9.72. The van der Waals surface area contributed by atoms with Gasteiger partial charge in [-0.15, -0.1) is 0 Å². The fourth-order valence-electron chi connectivity index (χ4n) is 3.81. The number of pyridine rings is 1. The summed E-state index contributed by atoms with van der Waals surface area (Å²) in [6.45, 7) is 0. The second-order valence-corrected chi connectivity index (χ2v) is 6.02.